The van der Waals surface area contributed by atoms with Crippen LogP contribution in [0.3, 0.4) is 0 Å². The second-order valence-electron chi connectivity index (χ2n) is 4.95. The van der Waals surface area contributed by atoms with Crippen molar-refractivity contribution in [2.24, 2.45) is 0 Å². The molecule has 3 rings (SSSR count). The SMILES string of the molecule is Cc1nc(C(F)(F)F)cc2c1ccn2S(=O)(=O)c1ccccc1. The van der Waals surface area contributed by atoms with E-state index in [4.69, 9.17) is 0 Å². The van der Waals surface area contributed by atoms with E-state index in [1.54, 1.807) is 18.2 Å². The van der Waals surface area contributed by atoms with E-state index in [1.807, 2.05) is 0 Å². The van der Waals surface area contributed by atoms with Gasteiger partial charge in [0.15, 0.2) is 0 Å². The summed E-state index contributed by atoms with van der Waals surface area (Å²) < 4.78 is 64.9. The number of hydrogen-bond donors (Lipinski definition) is 0. The quantitative estimate of drug-likeness (QED) is 0.716. The van der Waals surface area contributed by atoms with Crippen LogP contribution >= 0.6 is 0 Å². The number of alkyl halides is 3. The van der Waals surface area contributed by atoms with Gasteiger partial charge in [-0.15, -0.1) is 0 Å². The molecule has 0 bridgehead atoms. The van der Waals surface area contributed by atoms with Gasteiger partial charge < -0.3 is 0 Å². The Morgan fingerprint density at radius 3 is 2.35 bits per heavy atom. The lowest BCUT2D eigenvalue weighted by Gasteiger charge is -2.11. The van der Waals surface area contributed by atoms with Crippen LogP contribution in [-0.2, 0) is 16.2 Å². The van der Waals surface area contributed by atoms with Gasteiger partial charge in [-0.25, -0.2) is 17.4 Å². The number of halogens is 3. The van der Waals surface area contributed by atoms with Gasteiger partial charge in [-0.3, -0.25) is 0 Å². The second kappa shape index (κ2) is 5.09. The summed E-state index contributed by atoms with van der Waals surface area (Å²) in [5, 5.41) is 0.359. The number of rotatable bonds is 2. The Morgan fingerprint density at radius 1 is 1.09 bits per heavy atom. The number of aromatic nitrogens is 2. The third-order valence-corrected chi connectivity index (χ3v) is 5.14. The van der Waals surface area contributed by atoms with E-state index < -0.39 is 21.9 Å². The number of hydrogen-bond acceptors (Lipinski definition) is 3. The summed E-state index contributed by atoms with van der Waals surface area (Å²) in [6.45, 7) is 1.41. The lowest BCUT2D eigenvalue weighted by atomic mass is 10.2. The lowest BCUT2D eigenvalue weighted by molar-refractivity contribution is -0.141. The third kappa shape index (κ3) is 2.59. The van der Waals surface area contributed by atoms with Crippen LogP contribution < -0.4 is 0 Å². The fraction of sp³-hybridized carbons (Fsp3) is 0.133. The highest BCUT2D eigenvalue weighted by Gasteiger charge is 2.34. The summed E-state index contributed by atoms with van der Waals surface area (Å²) in [5.41, 5.74) is -1.05. The van der Waals surface area contributed by atoms with Crippen LogP contribution in [0.2, 0.25) is 0 Å². The van der Waals surface area contributed by atoms with Crippen LogP contribution in [0.15, 0.2) is 53.6 Å². The fourth-order valence-corrected chi connectivity index (χ4v) is 3.70. The average molecular weight is 340 g/mol. The first-order valence-corrected chi connectivity index (χ1v) is 8.02. The Bertz CT molecular complexity index is 977. The molecule has 8 heteroatoms. The molecule has 4 nitrogen and oxygen atoms in total. The summed E-state index contributed by atoms with van der Waals surface area (Å²) in [6.07, 6.45) is -3.41. The van der Waals surface area contributed by atoms with Gasteiger partial charge in [0.1, 0.15) is 5.69 Å². The van der Waals surface area contributed by atoms with E-state index in [0.717, 1.165) is 10.0 Å². The summed E-state index contributed by atoms with van der Waals surface area (Å²) in [7, 11) is -3.98. The molecule has 0 N–H and O–H groups in total. The van der Waals surface area contributed by atoms with Gasteiger partial charge in [0, 0.05) is 17.3 Å². The molecule has 2 aromatic heterocycles. The van der Waals surface area contributed by atoms with E-state index in [-0.39, 0.29) is 16.1 Å². The average Bonchev–Trinajstić information content (AvgIpc) is 2.92. The molecule has 0 atom stereocenters. The summed E-state index contributed by atoms with van der Waals surface area (Å²) >= 11 is 0. The second-order valence-corrected chi connectivity index (χ2v) is 6.77. The van der Waals surface area contributed by atoms with E-state index >= 15 is 0 Å². The molecule has 0 unspecified atom stereocenters. The minimum absolute atomic E-state index is 0.000485. The van der Waals surface area contributed by atoms with Crippen molar-refractivity contribution in [2.75, 3.05) is 0 Å². The van der Waals surface area contributed by atoms with Crippen LogP contribution in [0.25, 0.3) is 10.9 Å². The van der Waals surface area contributed by atoms with Gasteiger partial charge in [-0.1, -0.05) is 18.2 Å². The number of aryl methyl sites for hydroxylation is 1. The van der Waals surface area contributed by atoms with Crippen molar-refractivity contribution in [3.05, 3.63) is 60.0 Å². The van der Waals surface area contributed by atoms with Gasteiger partial charge in [-0.2, -0.15) is 13.2 Å². The normalized spacial score (nSPS) is 12.7. The van der Waals surface area contributed by atoms with Gasteiger partial charge in [0.05, 0.1) is 10.4 Å². The fourth-order valence-electron chi connectivity index (χ4n) is 2.34. The largest absolute Gasteiger partial charge is 0.433 e. The Labute approximate surface area is 130 Å². The van der Waals surface area contributed by atoms with E-state index in [2.05, 4.69) is 4.98 Å². The molecule has 0 saturated heterocycles. The first kappa shape index (κ1) is 15.5. The van der Waals surface area contributed by atoms with Crippen molar-refractivity contribution in [1.82, 2.24) is 8.96 Å². The summed E-state index contributed by atoms with van der Waals surface area (Å²) in [6, 6.07) is 9.72. The molecule has 2 heterocycles. The van der Waals surface area contributed by atoms with Gasteiger partial charge in [-0.05, 0) is 31.2 Å². The van der Waals surface area contributed by atoms with Crippen LogP contribution in [-0.4, -0.2) is 17.4 Å². The Kier molecular flexibility index (Phi) is 3.44. The first-order chi connectivity index (χ1) is 10.7. The maximum absolute atomic E-state index is 12.9. The van der Waals surface area contributed by atoms with Crippen molar-refractivity contribution in [2.45, 2.75) is 18.0 Å². The molecule has 120 valence electrons. The molecule has 0 fully saturated rings. The predicted octanol–water partition coefficient (Wildman–Crippen LogP) is 3.60. The van der Waals surface area contributed by atoms with E-state index in [0.29, 0.717) is 5.39 Å². The molecule has 0 saturated carbocycles. The van der Waals surface area contributed by atoms with E-state index in [1.165, 1.54) is 31.3 Å². The number of nitrogens with zero attached hydrogens (tertiary/aromatic N) is 2. The van der Waals surface area contributed by atoms with Crippen LogP contribution in [0.5, 0.6) is 0 Å². The molecule has 0 aliphatic rings. The molecule has 0 aliphatic heterocycles. The molecular formula is C15H11F3N2O2S. The molecule has 23 heavy (non-hydrogen) atoms. The van der Waals surface area contributed by atoms with Gasteiger partial charge in [0.25, 0.3) is 10.0 Å². The molecular weight excluding hydrogens is 329 g/mol. The highest BCUT2D eigenvalue weighted by molar-refractivity contribution is 7.90. The van der Waals surface area contributed by atoms with Crippen molar-refractivity contribution in [3.63, 3.8) is 0 Å². The predicted molar refractivity (Wildman–Crippen MR) is 78.5 cm³/mol. The van der Waals surface area contributed by atoms with Crippen molar-refractivity contribution < 1.29 is 21.6 Å². The molecule has 3 aromatic rings. The topological polar surface area (TPSA) is 52.0 Å². The minimum atomic E-state index is -4.65. The maximum Gasteiger partial charge on any atom is 0.433 e. The smallest absolute Gasteiger partial charge is 0.248 e. The van der Waals surface area contributed by atoms with Crippen molar-refractivity contribution in [3.8, 4) is 0 Å². The maximum atomic E-state index is 12.9. The number of fused-ring (bicyclic) bond motifs is 1. The molecule has 0 amide bonds. The van der Waals surface area contributed by atoms with E-state index in [9.17, 15) is 21.6 Å². The molecule has 0 aliphatic carbocycles. The zero-order valence-electron chi connectivity index (χ0n) is 11.9. The molecule has 1 aromatic carbocycles. The summed E-state index contributed by atoms with van der Waals surface area (Å²) in [4.78, 5) is 3.51. The first-order valence-electron chi connectivity index (χ1n) is 6.58. The zero-order chi connectivity index (χ0) is 16.8. The highest BCUT2D eigenvalue weighted by atomic mass is 32.2. The Hall–Kier alpha value is -2.35. The third-order valence-electron chi connectivity index (χ3n) is 3.43. The van der Waals surface area contributed by atoms with Crippen LogP contribution in [0, 0.1) is 6.92 Å². The monoisotopic (exact) mass is 340 g/mol. The standard InChI is InChI=1S/C15H11F3N2O2S/c1-10-12-7-8-20(13(12)9-14(19-10)15(16,17)18)23(21,22)11-5-3-2-4-6-11/h2-9H,1H3. The number of benzene rings is 1. The van der Waals surface area contributed by atoms with Crippen molar-refractivity contribution >= 4 is 20.9 Å². The summed E-state index contributed by atoms with van der Waals surface area (Å²) in [5.74, 6) is 0. The highest BCUT2D eigenvalue weighted by Crippen LogP contribution is 2.32. The van der Waals surface area contributed by atoms with Gasteiger partial charge in [0.2, 0.25) is 0 Å². The Morgan fingerprint density at radius 2 is 1.74 bits per heavy atom. The zero-order valence-corrected chi connectivity index (χ0v) is 12.7. The van der Waals surface area contributed by atoms with Crippen LogP contribution in [0.4, 0.5) is 13.2 Å². The lowest BCUT2D eigenvalue weighted by Crippen LogP contribution is -2.13. The van der Waals surface area contributed by atoms with Gasteiger partial charge >= 0.3 is 6.18 Å². The molecule has 0 radical (unpaired) electrons. The van der Waals surface area contributed by atoms with Crippen molar-refractivity contribution in [1.29, 1.82) is 0 Å². The minimum Gasteiger partial charge on any atom is -0.248 e. The molecule has 0 spiro atoms. The van der Waals surface area contributed by atoms with Crippen LogP contribution in [0.1, 0.15) is 11.4 Å². The number of pyridine rings is 1. The Balaban J connectivity index is 2.30.